The van der Waals surface area contributed by atoms with E-state index >= 15 is 0 Å². The molecule has 0 fully saturated rings. The molecule has 1 aromatic carbocycles. The largest absolute Gasteiger partial charge is 0.482 e. The highest BCUT2D eigenvalue weighted by atomic mass is 79.9. The lowest BCUT2D eigenvalue weighted by molar-refractivity contribution is -0.385. The summed E-state index contributed by atoms with van der Waals surface area (Å²) >= 11 is 3.28. The van der Waals surface area contributed by atoms with E-state index in [4.69, 9.17) is 4.74 Å². The number of pyridine rings is 1. The van der Waals surface area contributed by atoms with Crippen LogP contribution >= 0.6 is 15.9 Å². The zero-order chi connectivity index (χ0) is 14.5. The maximum atomic E-state index is 10.9. The maximum absolute atomic E-state index is 10.9. The Bertz CT molecular complexity index is 661. The Morgan fingerprint density at radius 3 is 2.80 bits per heavy atom. The second kappa shape index (κ2) is 6.25. The van der Waals surface area contributed by atoms with E-state index < -0.39 is 4.92 Å². The monoisotopic (exact) mass is 336 g/mol. The highest BCUT2D eigenvalue weighted by molar-refractivity contribution is 9.10. The molecule has 0 aliphatic heterocycles. The molecule has 0 radical (unpaired) electrons. The fourth-order valence-corrected chi connectivity index (χ4v) is 1.98. The maximum Gasteiger partial charge on any atom is 0.310 e. The van der Waals surface area contributed by atoms with Gasteiger partial charge in [0.05, 0.1) is 4.92 Å². The first kappa shape index (κ1) is 14.1. The van der Waals surface area contributed by atoms with Crippen LogP contribution in [0.5, 0.6) is 5.75 Å². The molecule has 1 heterocycles. The number of benzene rings is 1. The molecular formula is C13H9BrN2O4. The lowest BCUT2D eigenvalue weighted by Gasteiger charge is -2.07. The van der Waals surface area contributed by atoms with Crippen LogP contribution in [0.15, 0.2) is 41.1 Å². The van der Waals surface area contributed by atoms with Gasteiger partial charge in [0.1, 0.15) is 12.9 Å². The van der Waals surface area contributed by atoms with Crippen LogP contribution in [-0.2, 0) is 6.61 Å². The number of ether oxygens (including phenoxy) is 1. The van der Waals surface area contributed by atoms with Gasteiger partial charge in [-0.25, -0.2) is 0 Å². The molecule has 102 valence electrons. The summed E-state index contributed by atoms with van der Waals surface area (Å²) in [5, 5.41) is 10.9. The predicted octanol–water partition coefficient (Wildman–Crippen LogP) is 3.14. The Balaban J connectivity index is 2.23. The average molecular weight is 337 g/mol. The van der Waals surface area contributed by atoms with Crippen molar-refractivity contribution in [3.8, 4) is 5.75 Å². The third kappa shape index (κ3) is 3.39. The molecule has 0 unspecified atom stereocenters. The minimum Gasteiger partial charge on any atom is -0.482 e. The van der Waals surface area contributed by atoms with Gasteiger partial charge in [0.2, 0.25) is 0 Å². The second-order valence-electron chi connectivity index (χ2n) is 3.90. The van der Waals surface area contributed by atoms with Crippen molar-refractivity contribution in [2.24, 2.45) is 0 Å². The van der Waals surface area contributed by atoms with E-state index in [-0.39, 0.29) is 18.0 Å². The normalized spacial score (nSPS) is 10.1. The zero-order valence-corrected chi connectivity index (χ0v) is 11.7. The number of rotatable bonds is 5. The smallest absolute Gasteiger partial charge is 0.310 e. The topological polar surface area (TPSA) is 82.3 Å². The summed E-state index contributed by atoms with van der Waals surface area (Å²) in [5.74, 6) is 0.0552. The van der Waals surface area contributed by atoms with E-state index in [0.29, 0.717) is 11.8 Å². The molecule has 0 saturated carbocycles. The first-order valence-corrected chi connectivity index (χ1v) is 6.35. The van der Waals surface area contributed by atoms with Crippen molar-refractivity contribution in [1.29, 1.82) is 0 Å². The van der Waals surface area contributed by atoms with Gasteiger partial charge in [-0.2, -0.15) is 0 Å². The summed E-state index contributed by atoms with van der Waals surface area (Å²) in [6.45, 7) is 0.121. The van der Waals surface area contributed by atoms with Crippen molar-refractivity contribution in [3.63, 3.8) is 0 Å². The Morgan fingerprint density at radius 1 is 1.35 bits per heavy atom. The SMILES string of the molecule is O=Cc1ccc([N+](=O)[O-])c(OCc2cncc(Br)c2)c1. The molecule has 20 heavy (non-hydrogen) atoms. The van der Waals surface area contributed by atoms with E-state index in [0.717, 1.165) is 10.0 Å². The van der Waals surface area contributed by atoms with Crippen LogP contribution in [0.4, 0.5) is 5.69 Å². The molecule has 7 heteroatoms. The third-order valence-corrected chi connectivity index (χ3v) is 2.91. The quantitative estimate of drug-likeness (QED) is 0.475. The number of nitro benzene ring substituents is 1. The Morgan fingerprint density at radius 2 is 2.15 bits per heavy atom. The van der Waals surface area contributed by atoms with Crippen molar-refractivity contribution < 1.29 is 14.5 Å². The number of nitrogens with zero attached hydrogens (tertiary/aromatic N) is 2. The van der Waals surface area contributed by atoms with E-state index in [1.54, 1.807) is 18.5 Å². The van der Waals surface area contributed by atoms with E-state index in [9.17, 15) is 14.9 Å². The van der Waals surface area contributed by atoms with E-state index in [1.807, 2.05) is 0 Å². The molecule has 2 aromatic rings. The highest BCUT2D eigenvalue weighted by Gasteiger charge is 2.15. The molecule has 0 saturated heterocycles. The molecule has 0 spiro atoms. The standard InChI is InChI=1S/C13H9BrN2O4/c14-11-3-10(5-15-6-11)8-20-13-4-9(7-17)1-2-12(13)16(18)19/h1-7H,8H2. The van der Waals surface area contributed by atoms with Crippen molar-refractivity contribution in [1.82, 2.24) is 4.98 Å². The van der Waals surface area contributed by atoms with Crippen molar-refractivity contribution in [2.45, 2.75) is 6.61 Å². The first-order valence-electron chi connectivity index (χ1n) is 5.56. The molecule has 2 rings (SSSR count). The van der Waals surface area contributed by atoms with Crippen molar-refractivity contribution in [2.75, 3.05) is 0 Å². The van der Waals surface area contributed by atoms with Gasteiger partial charge in [0.15, 0.2) is 5.75 Å². The number of hydrogen-bond donors (Lipinski definition) is 0. The number of nitro groups is 1. The van der Waals surface area contributed by atoms with Crippen LogP contribution in [-0.4, -0.2) is 16.2 Å². The minimum absolute atomic E-state index is 0.0552. The van der Waals surface area contributed by atoms with Gasteiger partial charge in [-0.15, -0.1) is 0 Å². The number of aldehydes is 1. The molecule has 6 nitrogen and oxygen atoms in total. The Hall–Kier alpha value is -2.28. The highest BCUT2D eigenvalue weighted by Crippen LogP contribution is 2.28. The van der Waals surface area contributed by atoms with Gasteiger partial charge in [-0.05, 0) is 34.1 Å². The summed E-state index contributed by atoms with van der Waals surface area (Å²) in [6, 6.07) is 5.76. The van der Waals surface area contributed by atoms with Gasteiger partial charge < -0.3 is 4.74 Å². The number of halogens is 1. The summed E-state index contributed by atoms with van der Waals surface area (Å²) in [7, 11) is 0. The van der Waals surface area contributed by atoms with E-state index in [1.165, 1.54) is 18.2 Å². The number of aromatic nitrogens is 1. The Labute approximate surface area is 122 Å². The third-order valence-electron chi connectivity index (χ3n) is 2.47. The lowest BCUT2D eigenvalue weighted by Crippen LogP contribution is -2.00. The zero-order valence-electron chi connectivity index (χ0n) is 10.2. The summed E-state index contributed by atoms with van der Waals surface area (Å²) in [6.07, 6.45) is 3.83. The molecular weight excluding hydrogens is 328 g/mol. The van der Waals surface area contributed by atoms with Crippen LogP contribution in [0.1, 0.15) is 15.9 Å². The molecule has 0 atom stereocenters. The minimum atomic E-state index is -0.553. The van der Waals surface area contributed by atoms with Crippen LogP contribution in [0.25, 0.3) is 0 Å². The first-order chi connectivity index (χ1) is 9.60. The van der Waals surface area contributed by atoms with Gasteiger partial charge >= 0.3 is 5.69 Å². The molecule has 0 bridgehead atoms. The lowest BCUT2D eigenvalue weighted by atomic mass is 10.2. The van der Waals surface area contributed by atoms with Gasteiger partial charge in [0, 0.05) is 34.1 Å². The van der Waals surface area contributed by atoms with Gasteiger partial charge in [0.25, 0.3) is 0 Å². The predicted molar refractivity (Wildman–Crippen MR) is 74.8 cm³/mol. The molecule has 0 aliphatic rings. The second-order valence-corrected chi connectivity index (χ2v) is 4.82. The molecule has 0 amide bonds. The van der Waals surface area contributed by atoms with Gasteiger partial charge in [-0.1, -0.05) is 0 Å². The summed E-state index contributed by atoms with van der Waals surface area (Å²) in [5.41, 5.74) is 0.890. The van der Waals surface area contributed by atoms with Crippen molar-refractivity contribution in [3.05, 3.63) is 62.4 Å². The van der Waals surface area contributed by atoms with Crippen LogP contribution in [0.2, 0.25) is 0 Å². The molecule has 0 aliphatic carbocycles. The van der Waals surface area contributed by atoms with Crippen LogP contribution < -0.4 is 4.74 Å². The molecule has 0 N–H and O–H groups in total. The van der Waals surface area contributed by atoms with Gasteiger partial charge in [-0.3, -0.25) is 19.9 Å². The number of carbonyl (C=O) groups is 1. The van der Waals surface area contributed by atoms with Crippen LogP contribution in [0.3, 0.4) is 0 Å². The average Bonchev–Trinajstić information content (AvgIpc) is 2.44. The summed E-state index contributed by atoms with van der Waals surface area (Å²) in [4.78, 5) is 25.0. The fraction of sp³-hybridized carbons (Fsp3) is 0.0769. The van der Waals surface area contributed by atoms with Crippen LogP contribution in [0, 0.1) is 10.1 Å². The summed E-state index contributed by atoms with van der Waals surface area (Å²) < 4.78 is 6.21. The molecule has 1 aromatic heterocycles. The Kier molecular flexibility index (Phi) is 4.41. The number of carbonyl (C=O) groups excluding carboxylic acids is 1. The fourth-order valence-electron chi connectivity index (χ4n) is 1.57. The van der Waals surface area contributed by atoms with Crippen molar-refractivity contribution >= 4 is 27.9 Å². The number of hydrogen-bond acceptors (Lipinski definition) is 5. The van der Waals surface area contributed by atoms with E-state index in [2.05, 4.69) is 20.9 Å².